The Labute approximate surface area is 81.4 Å². The quantitative estimate of drug-likeness (QED) is 0.699. The standard InChI is InChI=1S/C10H22N2O/c1-10(2)11-4-6-12-5-3-8-13-9-7-12/h10-11H,3-9H2,1-2H3. The van der Waals surface area contributed by atoms with E-state index in [0.717, 1.165) is 32.8 Å². The van der Waals surface area contributed by atoms with Crippen LogP contribution in [0.3, 0.4) is 0 Å². The fourth-order valence-corrected chi connectivity index (χ4v) is 1.53. The van der Waals surface area contributed by atoms with E-state index in [9.17, 15) is 0 Å². The van der Waals surface area contributed by atoms with Crippen LogP contribution < -0.4 is 5.32 Å². The largest absolute Gasteiger partial charge is 0.380 e. The fourth-order valence-electron chi connectivity index (χ4n) is 1.53. The number of hydrogen-bond acceptors (Lipinski definition) is 3. The molecular weight excluding hydrogens is 164 g/mol. The lowest BCUT2D eigenvalue weighted by Crippen LogP contribution is -2.36. The molecule has 0 aromatic heterocycles. The molecule has 1 N–H and O–H groups in total. The Bertz CT molecular complexity index is 120. The van der Waals surface area contributed by atoms with Gasteiger partial charge in [-0.3, -0.25) is 4.90 Å². The van der Waals surface area contributed by atoms with Gasteiger partial charge in [0, 0.05) is 38.8 Å². The van der Waals surface area contributed by atoms with Crippen LogP contribution in [0.1, 0.15) is 20.3 Å². The molecule has 0 spiro atoms. The van der Waals surface area contributed by atoms with E-state index in [2.05, 4.69) is 24.1 Å². The van der Waals surface area contributed by atoms with Crippen molar-refractivity contribution in [3.8, 4) is 0 Å². The molecule has 0 aliphatic carbocycles. The summed E-state index contributed by atoms with van der Waals surface area (Å²) in [6.07, 6.45) is 1.18. The van der Waals surface area contributed by atoms with E-state index >= 15 is 0 Å². The molecule has 1 saturated heterocycles. The zero-order valence-electron chi connectivity index (χ0n) is 8.88. The molecule has 0 aromatic carbocycles. The number of nitrogens with one attached hydrogen (secondary N) is 1. The van der Waals surface area contributed by atoms with Crippen molar-refractivity contribution in [1.29, 1.82) is 0 Å². The highest BCUT2D eigenvalue weighted by Gasteiger charge is 2.07. The van der Waals surface area contributed by atoms with Crippen LogP contribution in [-0.2, 0) is 4.74 Å². The zero-order chi connectivity index (χ0) is 9.52. The first kappa shape index (κ1) is 11.0. The van der Waals surface area contributed by atoms with Crippen molar-refractivity contribution >= 4 is 0 Å². The Morgan fingerprint density at radius 1 is 1.31 bits per heavy atom. The topological polar surface area (TPSA) is 24.5 Å². The first-order valence-electron chi connectivity index (χ1n) is 5.32. The monoisotopic (exact) mass is 186 g/mol. The van der Waals surface area contributed by atoms with Crippen LogP contribution in [0.2, 0.25) is 0 Å². The minimum Gasteiger partial charge on any atom is -0.380 e. The average molecular weight is 186 g/mol. The van der Waals surface area contributed by atoms with Gasteiger partial charge in [-0.2, -0.15) is 0 Å². The van der Waals surface area contributed by atoms with Crippen molar-refractivity contribution in [3.63, 3.8) is 0 Å². The minimum atomic E-state index is 0.600. The van der Waals surface area contributed by atoms with Crippen LogP contribution in [0, 0.1) is 0 Å². The first-order valence-corrected chi connectivity index (χ1v) is 5.32. The summed E-state index contributed by atoms with van der Waals surface area (Å²) >= 11 is 0. The van der Waals surface area contributed by atoms with E-state index in [0.29, 0.717) is 6.04 Å². The normalized spacial score (nSPS) is 20.5. The summed E-state index contributed by atoms with van der Waals surface area (Å²) in [5, 5.41) is 3.43. The highest BCUT2D eigenvalue weighted by Crippen LogP contribution is 1.97. The molecule has 1 rings (SSSR count). The summed E-state index contributed by atoms with van der Waals surface area (Å²) in [6, 6.07) is 0.600. The molecule has 0 atom stereocenters. The van der Waals surface area contributed by atoms with Crippen LogP contribution in [0.5, 0.6) is 0 Å². The third kappa shape index (κ3) is 5.24. The maximum atomic E-state index is 5.39. The molecule has 1 aliphatic rings. The van der Waals surface area contributed by atoms with Gasteiger partial charge in [0.1, 0.15) is 0 Å². The summed E-state index contributed by atoms with van der Waals surface area (Å²) in [5.74, 6) is 0. The van der Waals surface area contributed by atoms with Crippen molar-refractivity contribution in [1.82, 2.24) is 10.2 Å². The molecule has 0 aromatic rings. The molecule has 0 saturated carbocycles. The second-order valence-electron chi connectivity index (χ2n) is 3.92. The molecule has 78 valence electrons. The van der Waals surface area contributed by atoms with Gasteiger partial charge < -0.3 is 10.1 Å². The van der Waals surface area contributed by atoms with E-state index in [-0.39, 0.29) is 0 Å². The first-order chi connectivity index (χ1) is 6.29. The molecule has 0 bridgehead atoms. The maximum Gasteiger partial charge on any atom is 0.0593 e. The van der Waals surface area contributed by atoms with Gasteiger partial charge in [0.05, 0.1) is 6.61 Å². The highest BCUT2D eigenvalue weighted by atomic mass is 16.5. The molecule has 3 nitrogen and oxygen atoms in total. The molecule has 0 unspecified atom stereocenters. The van der Waals surface area contributed by atoms with E-state index < -0.39 is 0 Å². The van der Waals surface area contributed by atoms with Crippen LogP contribution in [0.25, 0.3) is 0 Å². The number of rotatable bonds is 4. The number of hydrogen-bond donors (Lipinski definition) is 1. The predicted molar refractivity (Wildman–Crippen MR) is 55.0 cm³/mol. The zero-order valence-corrected chi connectivity index (χ0v) is 8.88. The highest BCUT2D eigenvalue weighted by molar-refractivity contribution is 4.63. The minimum absolute atomic E-state index is 0.600. The van der Waals surface area contributed by atoms with Crippen molar-refractivity contribution in [2.45, 2.75) is 26.3 Å². The molecule has 1 fully saturated rings. The van der Waals surface area contributed by atoms with Gasteiger partial charge >= 0.3 is 0 Å². The van der Waals surface area contributed by atoms with Crippen molar-refractivity contribution in [2.24, 2.45) is 0 Å². The van der Waals surface area contributed by atoms with Gasteiger partial charge in [-0.25, -0.2) is 0 Å². The van der Waals surface area contributed by atoms with Gasteiger partial charge in [0.25, 0.3) is 0 Å². The molecular formula is C10H22N2O. The predicted octanol–water partition coefficient (Wildman–Crippen LogP) is 0.707. The Hall–Kier alpha value is -0.120. The fraction of sp³-hybridized carbons (Fsp3) is 1.00. The summed E-state index contributed by atoms with van der Waals surface area (Å²) in [4.78, 5) is 2.47. The van der Waals surface area contributed by atoms with Crippen LogP contribution in [0.4, 0.5) is 0 Å². The van der Waals surface area contributed by atoms with Crippen molar-refractivity contribution in [2.75, 3.05) is 39.4 Å². The lowest BCUT2D eigenvalue weighted by atomic mass is 10.3. The molecule has 1 heterocycles. The molecule has 0 amide bonds. The van der Waals surface area contributed by atoms with Crippen LogP contribution >= 0.6 is 0 Å². The van der Waals surface area contributed by atoms with Gasteiger partial charge in [-0.1, -0.05) is 13.8 Å². The SMILES string of the molecule is CC(C)NCCN1CCCOCC1. The van der Waals surface area contributed by atoms with Gasteiger partial charge in [-0.15, -0.1) is 0 Å². The summed E-state index contributed by atoms with van der Waals surface area (Å²) in [7, 11) is 0. The van der Waals surface area contributed by atoms with E-state index in [1.807, 2.05) is 0 Å². The van der Waals surface area contributed by atoms with Crippen molar-refractivity contribution < 1.29 is 4.74 Å². The molecule has 0 radical (unpaired) electrons. The van der Waals surface area contributed by atoms with Gasteiger partial charge in [0.15, 0.2) is 0 Å². The second kappa shape index (κ2) is 6.35. The number of nitrogens with zero attached hydrogens (tertiary/aromatic N) is 1. The lowest BCUT2D eigenvalue weighted by Gasteiger charge is -2.19. The Balaban J connectivity index is 2.05. The Kier molecular flexibility index (Phi) is 5.35. The van der Waals surface area contributed by atoms with Crippen LogP contribution in [0.15, 0.2) is 0 Å². The summed E-state index contributed by atoms with van der Waals surface area (Å²) < 4.78 is 5.39. The Morgan fingerprint density at radius 2 is 2.15 bits per heavy atom. The van der Waals surface area contributed by atoms with Crippen molar-refractivity contribution in [3.05, 3.63) is 0 Å². The van der Waals surface area contributed by atoms with E-state index in [1.165, 1.54) is 13.0 Å². The number of ether oxygens (including phenoxy) is 1. The molecule has 1 aliphatic heterocycles. The van der Waals surface area contributed by atoms with Gasteiger partial charge in [0.2, 0.25) is 0 Å². The average Bonchev–Trinajstić information content (AvgIpc) is 2.32. The van der Waals surface area contributed by atoms with Crippen LogP contribution in [-0.4, -0.2) is 50.3 Å². The van der Waals surface area contributed by atoms with E-state index in [1.54, 1.807) is 0 Å². The second-order valence-corrected chi connectivity index (χ2v) is 3.92. The van der Waals surface area contributed by atoms with E-state index in [4.69, 9.17) is 4.74 Å². The lowest BCUT2D eigenvalue weighted by molar-refractivity contribution is 0.141. The molecule has 3 heteroatoms. The Morgan fingerprint density at radius 3 is 2.92 bits per heavy atom. The third-order valence-electron chi connectivity index (χ3n) is 2.30. The third-order valence-corrected chi connectivity index (χ3v) is 2.30. The maximum absolute atomic E-state index is 5.39. The molecule has 13 heavy (non-hydrogen) atoms. The summed E-state index contributed by atoms with van der Waals surface area (Å²) in [6.45, 7) is 10.8. The smallest absolute Gasteiger partial charge is 0.0593 e. The van der Waals surface area contributed by atoms with Gasteiger partial charge in [-0.05, 0) is 6.42 Å². The summed E-state index contributed by atoms with van der Waals surface area (Å²) in [5.41, 5.74) is 0.